The van der Waals surface area contributed by atoms with Crippen LogP contribution in [0.15, 0.2) is 35.6 Å². The van der Waals surface area contributed by atoms with Gasteiger partial charge in [0.1, 0.15) is 11.6 Å². The number of halogens is 1. The highest BCUT2D eigenvalue weighted by Crippen LogP contribution is 2.42. The van der Waals surface area contributed by atoms with E-state index in [1.54, 1.807) is 6.07 Å². The molecule has 1 aliphatic heterocycles. The van der Waals surface area contributed by atoms with Gasteiger partial charge in [0, 0.05) is 17.3 Å². The van der Waals surface area contributed by atoms with Crippen LogP contribution in [0.5, 0.6) is 5.75 Å². The molecule has 25 heavy (non-hydrogen) atoms. The highest BCUT2D eigenvalue weighted by Gasteiger charge is 2.37. The van der Waals surface area contributed by atoms with Crippen LogP contribution < -0.4 is 9.64 Å². The first-order valence-electron chi connectivity index (χ1n) is 9.29. The maximum Gasteiger partial charge on any atom is 0.259 e. The Morgan fingerprint density at radius 3 is 2.48 bits per heavy atom. The second-order valence-electron chi connectivity index (χ2n) is 7.34. The van der Waals surface area contributed by atoms with Crippen LogP contribution in [0.4, 0.5) is 10.1 Å². The fourth-order valence-electron chi connectivity index (χ4n) is 4.23. The number of aryl methyl sites for hydroxylation is 1. The molecule has 0 unspecified atom stereocenters. The lowest BCUT2D eigenvalue weighted by Crippen LogP contribution is -2.26. The van der Waals surface area contributed by atoms with Crippen LogP contribution in [0.2, 0.25) is 0 Å². The van der Waals surface area contributed by atoms with Gasteiger partial charge in [-0.15, -0.1) is 0 Å². The third-order valence-corrected chi connectivity index (χ3v) is 5.63. The summed E-state index contributed by atoms with van der Waals surface area (Å²) >= 11 is 0. The number of ether oxygens (including phenoxy) is 1. The molecule has 3 nitrogen and oxygen atoms in total. The summed E-state index contributed by atoms with van der Waals surface area (Å²) in [5.74, 6) is 0.161. The number of allylic oxidation sites excluding steroid dienone is 1. The molecule has 0 N–H and O–H groups in total. The van der Waals surface area contributed by atoms with Gasteiger partial charge in [-0.1, -0.05) is 6.58 Å². The van der Waals surface area contributed by atoms with Crippen molar-refractivity contribution in [1.29, 1.82) is 0 Å². The van der Waals surface area contributed by atoms with Crippen molar-refractivity contribution in [2.45, 2.75) is 64.4 Å². The first-order valence-corrected chi connectivity index (χ1v) is 9.29. The van der Waals surface area contributed by atoms with Gasteiger partial charge in [0.05, 0.1) is 11.8 Å². The number of carbonyl (C=O) groups is 1. The minimum Gasteiger partial charge on any atom is -0.490 e. The molecule has 132 valence electrons. The van der Waals surface area contributed by atoms with Crippen molar-refractivity contribution in [3.05, 3.63) is 46.9 Å². The van der Waals surface area contributed by atoms with E-state index in [1.807, 2.05) is 6.92 Å². The standard InChI is InChI=1S/C21H24FNO2/c1-13-11-18(22)19(12-20(13)25-15-7-3-4-8-15)23-14(2)16-9-5-6-10-17(16)21(23)24/h11-12,15H,2-10H2,1H3. The van der Waals surface area contributed by atoms with Gasteiger partial charge in [0.15, 0.2) is 0 Å². The van der Waals surface area contributed by atoms with Gasteiger partial charge >= 0.3 is 0 Å². The molecular weight excluding hydrogens is 317 g/mol. The van der Waals surface area contributed by atoms with Crippen molar-refractivity contribution in [3.8, 4) is 5.75 Å². The summed E-state index contributed by atoms with van der Waals surface area (Å²) in [5.41, 5.74) is 3.49. The fourth-order valence-corrected chi connectivity index (χ4v) is 4.23. The Morgan fingerprint density at radius 1 is 1.12 bits per heavy atom. The molecule has 0 spiro atoms. The van der Waals surface area contributed by atoms with Crippen LogP contribution in [0.1, 0.15) is 56.9 Å². The number of hydrogen-bond acceptors (Lipinski definition) is 2. The molecule has 2 aliphatic carbocycles. The van der Waals surface area contributed by atoms with Crippen LogP contribution in [0, 0.1) is 12.7 Å². The summed E-state index contributed by atoms with van der Waals surface area (Å²) in [4.78, 5) is 14.3. The summed E-state index contributed by atoms with van der Waals surface area (Å²) in [6.45, 7) is 5.93. The van der Waals surface area contributed by atoms with E-state index in [9.17, 15) is 9.18 Å². The average molecular weight is 341 g/mol. The predicted octanol–water partition coefficient (Wildman–Crippen LogP) is 5.19. The van der Waals surface area contributed by atoms with Crippen molar-refractivity contribution in [2.24, 2.45) is 0 Å². The van der Waals surface area contributed by atoms with Crippen LogP contribution in [0.25, 0.3) is 0 Å². The highest BCUT2D eigenvalue weighted by molar-refractivity contribution is 6.13. The lowest BCUT2D eigenvalue weighted by molar-refractivity contribution is -0.114. The molecule has 0 saturated heterocycles. The molecule has 4 heteroatoms. The van der Waals surface area contributed by atoms with Gasteiger partial charge in [-0.3, -0.25) is 9.69 Å². The second kappa shape index (κ2) is 6.32. The normalized spacial score (nSPS) is 21.3. The molecule has 1 saturated carbocycles. The van der Waals surface area contributed by atoms with Crippen LogP contribution in [-0.4, -0.2) is 12.0 Å². The molecule has 1 fully saturated rings. The van der Waals surface area contributed by atoms with Crippen LogP contribution in [0.3, 0.4) is 0 Å². The summed E-state index contributed by atoms with van der Waals surface area (Å²) in [6, 6.07) is 3.15. The zero-order valence-electron chi connectivity index (χ0n) is 14.7. The maximum atomic E-state index is 14.7. The van der Waals surface area contributed by atoms with Gasteiger partial charge < -0.3 is 4.74 Å². The number of rotatable bonds is 3. The number of carbonyl (C=O) groups excluding carboxylic acids is 1. The minimum atomic E-state index is -0.398. The molecule has 1 aromatic carbocycles. The van der Waals surface area contributed by atoms with Crippen molar-refractivity contribution < 1.29 is 13.9 Å². The predicted molar refractivity (Wildman–Crippen MR) is 96.1 cm³/mol. The largest absolute Gasteiger partial charge is 0.490 e. The topological polar surface area (TPSA) is 29.5 Å². The lowest BCUT2D eigenvalue weighted by atomic mass is 9.93. The van der Waals surface area contributed by atoms with Crippen molar-refractivity contribution in [2.75, 3.05) is 4.90 Å². The average Bonchev–Trinajstić information content (AvgIpc) is 3.19. The smallest absolute Gasteiger partial charge is 0.259 e. The molecule has 1 aromatic rings. The fraction of sp³-hybridized carbons (Fsp3) is 0.476. The van der Waals surface area contributed by atoms with Crippen molar-refractivity contribution in [1.82, 2.24) is 0 Å². The Morgan fingerprint density at radius 2 is 1.80 bits per heavy atom. The van der Waals surface area contributed by atoms with Crippen molar-refractivity contribution in [3.63, 3.8) is 0 Å². The van der Waals surface area contributed by atoms with E-state index in [2.05, 4.69) is 6.58 Å². The highest BCUT2D eigenvalue weighted by atomic mass is 19.1. The van der Waals surface area contributed by atoms with E-state index in [-0.39, 0.29) is 17.7 Å². The number of nitrogens with zero attached hydrogens (tertiary/aromatic N) is 1. The molecule has 1 amide bonds. The third kappa shape index (κ3) is 2.78. The summed E-state index contributed by atoms with van der Waals surface area (Å²) in [6.07, 6.45) is 8.32. The van der Waals surface area contributed by atoms with Gasteiger partial charge in [-0.2, -0.15) is 0 Å². The molecular formula is C21H24FNO2. The lowest BCUT2D eigenvalue weighted by Gasteiger charge is -2.22. The SMILES string of the molecule is C=C1C2=C(CCCC2)C(=O)N1c1cc(OC2CCCC2)c(C)cc1F. The minimum absolute atomic E-state index is 0.116. The molecule has 0 radical (unpaired) electrons. The number of benzene rings is 1. The second-order valence-corrected chi connectivity index (χ2v) is 7.34. The summed E-state index contributed by atoms with van der Waals surface area (Å²) in [7, 11) is 0. The third-order valence-electron chi connectivity index (χ3n) is 5.63. The number of hydrogen-bond donors (Lipinski definition) is 0. The van der Waals surface area contributed by atoms with Gasteiger partial charge in [0.2, 0.25) is 0 Å². The molecule has 0 atom stereocenters. The van der Waals surface area contributed by atoms with E-state index in [1.165, 1.54) is 23.8 Å². The van der Waals surface area contributed by atoms with Gasteiger partial charge in [0.25, 0.3) is 5.91 Å². The Bertz CT molecular complexity index is 746. The Balaban J connectivity index is 1.68. The monoisotopic (exact) mass is 341 g/mol. The first-order chi connectivity index (χ1) is 12.1. The van der Waals surface area contributed by atoms with E-state index < -0.39 is 5.82 Å². The summed E-state index contributed by atoms with van der Waals surface area (Å²) in [5, 5.41) is 0. The molecule has 4 rings (SSSR count). The molecule has 0 aromatic heterocycles. The number of amides is 1. The van der Waals surface area contributed by atoms with Gasteiger partial charge in [-0.05, 0) is 75.5 Å². The zero-order valence-corrected chi connectivity index (χ0v) is 14.7. The van der Waals surface area contributed by atoms with Crippen LogP contribution >= 0.6 is 0 Å². The number of anilines is 1. The van der Waals surface area contributed by atoms with E-state index in [0.717, 1.165) is 55.2 Å². The molecule has 0 bridgehead atoms. The zero-order chi connectivity index (χ0) is 17.6. The quantitative estimate of drug-likeness (QED) is 0.757. The summed E-state index contributed by atoms with van der Waals surface area (Å²) < 4.78 is 20.8. The Kier molecular flexibility index (Phi) is 4.14. The van der Waals surface area contributed by atoms with E-state index in [0.29, 0.717) is 11.4 Å². The van der Waals surface area contributed by atoms with Gasteiger partial charge in [-0.25, -0.2) is 4.39 Å². The van der Waals surface area contributed by atoms with Crippen LogP contribution in [-0.2, 0) is 4.79 Å². The first kappa shape index (κ1) is 16.4. The maximum absolute atomic E-state index is 14.7. The molecule has 1 heterocycles. The Labute approximate surface area is 148 Å². The van der Waals surface area contributed by atoms with E-state index in [4.69, 9.17) is 4.74 Å². The van der Waals surface area contributed by atoms with Crippen molar-refractivity contribution >= 4 is 11.6 Å². The molecule has 3 aliphatic rings. The van der Waals surface area contributed by atoms with E-state index >= 15 is 0 Å². The Hall–Kier alpha value is -2.10.